The normalized spacial score (nSPS) is 16.0. The number of fused-ring (bicyclic) bond motifs is 2. The van der Waals surface area contributed by atoms with Gasteiger partial charge in [-0.15, -0.1) is 11.3 Å². The number of aromatic nitrogens is 1. The molecular formula is C39H50BF2N3O4S. The zero-order valence-electron chi connectivity index (χ0n) is 29.0. The first kappa shape index (κ1) is 37.5. The number of aliphatic hydroxyl groups excluding tert-OH is 2. The number of ether oxygens (including phenoxy) is 1. The molecule has 0 unspecified atom stereocenters. The largest absolute Gasteiger partial charge is 0.737 e. The number of rotatable bonds is 21. The van der Waals surface area contributed by atoms with Gasteiger partial charge in [-0.05, 0) is 60.7 Å². The van der Waals surface area contributed by atoms with Crippen LogP contribution in [0.2, 0.25) is 0 Å². The van der Waals surface area contributed by atoms with Gasteiger partial charge in [-0.2, -0.15) is 0 Å². The third-order valence-corrected chi connectivity index (χ3v) is 10.3. The molecule has 1 aromatic carbocycles. The Morgan fingerprint density at radius 1 is 0.980 bits per heavy atom. The van der Waals surface area contributed by atoms with Gasteiger partial charge in [0.05, 0.1) is 18.8 Å². The molecule has 7 nitrogen and oxygen atoms in total. The number of thiophene rings is 1. The molecule has 0 saturated carbocycles. The average Bonchev–Trinajstić information content (AvgIpc) is 3.89. The predicted octanol–water partition coefficient (Wildman–Crippen LogP) is 8.34. The van der Waals surface area contributed by atoms with Gasteiger partial charge >= 0.3 is 6.97 Å². The Morgan fingerprint density at radius 2 is 1.68 bits per heavy atom. The highest BCUT2D eigenvalue weighted by atomic mass is 32.1. The molecule has 0 spiro atoms. The molecule has 0 radical (unpaired) electrons. The molecule has 11 heteroatoms. The predicted molar refractivity (Wildman–Crippen MR) is 200 cm³/mol. The van der Waals surface area contributed by atoms with Crippen LogP contribution in [0.15, 0.2) is 83.9 Å². The van der Waals surface area contributed by atoms with Crippen LogP contribution in [0.4, 0.5) is 8.63 Å². The second-order valence-corrected chi connectivity index (χ2v) is 14.1. The summed E-state index contributed by atoms with van der Waals surface area (Å²) in [4.78, 5) is 13.4. The van der Waals surface area contributed by atoms with Crippen LogP contribution in [0, 0.1) is 0 Å². The minimum atomic E-state index is -4.17. The van der Waals surface area contributed by atoms with Crippen molar-refractivity contribution in [2.24, 2.45) is 0 Å². The molecule has 4 heterocycles. The highest BCUT2D eigenvalue weighted by Gasteiger charge is 2.52. The van der Waals surface area contributed by atoms with E-state index >= 15 is 8.63 Å². The number of unbranched alkanes of at least 4 members (excludes halogenated alkanes) is 11. The van der Waals surface area contributed by atoms with E-state index in [0.717, 1.165) is 33.1 Å². The lowest BCUT2D eigenvalue weighted by Gasteiger charge is -2.30. The lowest BCUT2D eigenvalue weighted by atomic mass is 9.90. The molecule has 0 bridgehead atoms. The van der Waals surface area contributed by atoms with Crippen LogP contribution >= 0.6 is 11.3 Å². The summed E-state index contributed by atoms with van der Waals surface area (Å²) in [7, 11) is 0. The molecule has 268 valence electrons. The van der Waals surface area contributed by atoms with E-state index in [-0.39, 0.29) is 6.61 Å². The van der Waals surface area contributed by atoms with E-state index in [1.807, 2.05) is 23.6 Å². The quantitative estimate of drug-likeness (QED) is 0.0591. The van der Waals surface area contributed by atoms with Gasteiger partial charge in [-0.3, -0.25) is 4.79 Å². The lowest BCUT2D eigenvalue weighted by Crippen LogP contribution is -2.50. The van der Waals surface area contributed by atoms with Crippen molar-refractivity contribution in [3.63, 3.8) is 0 Å². The fraction of sp³-hybridized carbons (Fsp3) is 0.436. The summed E-state index contributed by atoms with van der Waals surface area (Å²) in [5.41, 5.74) is 2.33. The molecular weight excluding hydrogens is 655 g/mol. The highest BCUT2D eigenvalue weighted by Crippen LogP contribution is 2.38. The minimum absolute atomic E-state index is 0.330. The van der Waals surface area contributed by atoms with Crippen molar-refractivity contribution in [3.8, 4) is 16.3 Å². The van der Waals surface area contributed by atoms with Crippen molar-refractivity contribution < 1.29 is 32.9 Å². The smallest absolute Gasteiger partial charge is 0.484 e. The second kappa shape index (κ2) is 18.4. The fourth-order valence-corrected chi connectivity index (χ4v) is 7.39. The monoisotopic (exact) mass is 705 g/mol. The van der Waals surface area contributed by atoms with Crippen molar-refractivity contribution in [1.82, 2.24) is 9.79 Å². The van der Waals surface area contributed by atoms with Crippen molar-refractivity contribution >= 4 is 36.0 Å². The van der Waals surface area contributed by atoms with E-state index in [1.165, 1.54) is 69.1 Å². The molecule has 2 atom stereocenters. The summed E-state index contributed by atoms with van der Waals surface area (Å²) in [5.74, 6) is -0.104. The van der Waals surface area contributed by atoms with Gasteiger partial charge in [0, 0.05) is 40.1 Å². The standard InChI is InChI=1S/C39H50BF2N3O4S/c1-2-3-4-5-6-7-8-9-10-11-12-13-14-16-37(47)34(28-46)43-39(48)29-49-33-22-18-30(19-23-33)35-24-20-31-27-32-21-25-36(38-17-15-26-50-38)45(32)40(41,42)44(31)35/h14-27,34,37,46-47H,2-13,28-29H2,1H3,(H,43,48)/b16-14+/t34-,37-/m0/s1. The van der Waals surface area contributed by atoms with Gasteiger partial charge in [-0.25, -0.2) is 0 Å². The fourth-order valence-electron chi connectivity index (χ4n) is 6.64. The number of halogens is 2. The van der Waals surface area contributed by atoms with Gasteiger partial charge < -0.3 is 37.9 Å². The third kappa shape index (κ3) is 9.50. The number of benzene rings is 1. The molecule has 3 aromatic rings. The summed E-state index contributed by atoms with van der Waals surface area (Å²) in [5, 5.41) is 24.8. The van der Waals surface area contributed by atoms with Crippen LogP contribution < -0.4 is 10.1 Å². The molecule has 1 amide bonds. The van der Waals surface area contributed by atoms with Crippen LogP contribution in [-0.2, 0) is 4.79 Å². The van der Waals surface area contributed by atoms with Crippen LogP contribution in [0.3, 0.4) is 0 Å². The maximum absolute atomic E-state index is 16.2. The number of aliphatic hydroxyl groups is 2. The van der Waals surface area contributed by atoms with Gasteiger partial charge in [0.1, 0.15) is 5.75 Å². The van der Waals surface area contributed by atoms with Crippen molar-refractivity contribution in [3.05, 3.63) is 95.2 Å². The number of carbonyl (C=O) groups is 1. The Morgan fingerprint density at radius 3 is 2.34 bits per heavy atom. The number of nitrogens with zero attached hydrogens (tertiary/aromatic N) is 2. The Balaban J connectivity index is 1.06. The van der Waals surface area contributed by atoms with Crippen molar-refractivity contribution in [1.29, 1.82) is 0 Å². The van der Waals surface area contributed by atoms with E-state index in [1.54, 1.807) is 60.7 Å². The number of carbonyl (C=O) groups excluding carboxylic acids is 1. The van der Waals surface area contributed by atoms with Crippen LogP contribution in [-0.4, -0.2) is 63.1 Å². The highest BCUT2D eigenvalue weighted by molar-refractivity contribution is 7.13. The summed E-state index contributed by atoms with van der Waals surface area (Å²) in [6.07, 6.45) is 22.5. The van der Waals surface area contributed by atoms with E-state index in [9.17, 15) is 15.0 Å². The molecule has 2 aliphatic rings. The van der Waals surface area contributed by atoms with E-state index in [0.29, 0.717) is 34.1 Å². The molecule has 50 heavy (non-hydrogen) atoms. The number of amides is 1. The first-order valence-electron chi connectivity index (χ1n) is 18.1. The minimum Gasteiger partial charge on any atom is -0.484 e. The molecule has 0 fully saturated rings. The van der Waals surface area contributed by atoms with E-state index < -0.39 is 31.6 Å². The Hall–Kier alpha value is -3.80. The summed E-state index contributed by atoms with van der Waals surface area (Å²) in [6, 6.07) is 12.9. The third-order valence-electron chi connectivity index (χ3n) is 9.37. The first-order valence-corrected chi connectivity index (χ1v) is 19.0. The number of hydrogen-bond donors (Lipinski definition) is 3. The topological polar surface area (TPSA) is 86.7 Å². The van der Waals surface area contributed by atoms with Crippen molar-refractivity contribution in [2.75, 3.05) is 13.2 Å². The average molecular weight is 706 g/mol. The maximum Gasteiger partial charge on any atom is 0.737 e. The van der Waals surface area contributed by atoms with Gasteiger partial charge in [-0.1, -0.05) is 89.4 Å². The Labute approximate surface area is 298 Å². The van der Waals surface area contributed by atoms with Crippen LogP contribution in [0.25, 0.3) is 16.6 Å². The second-order valence-electron chi connectivity index (χ2n) is 13.1. The summed E-state index contributed by atoms with van der Waals surface area (Å²) in [6.45, 7) is -2.68. The number of allylic oxidation sites excluding steroid dienone is 3. The zero-order valence-corrected chi connectivity index (χ0v) is 29.8. The molecule has 2 aromatic heterocycles. The maximum atomic E-state index is 16.2. The Bertz CT molecular complexity index is 1660. The molecule has 5 rings (SSSR count). The summed E-state index contributed by atoms with van der Waals surface area (Å²) < 4.78 is 40.3. The number of nitrogens with one attached hydrogen (secondary N) is 1. The van der Waals surface area contributed by atoms with Gasteiger partial charge in [0.2, 0.25) is 0 Å². The van der Waals surface area contributed by atoms with E-state index in [2.05, 4.69) is 12.2 Å². The van der Waals surface area contributed by atoms with Crippen LogP contribution in [0.1, 0.15) is 95.2 Å². The molecule has 0 aliphatic carbocycles. The first-order chi connectivity index (χ1) is 24.3. The zero-order chi connectivity index (χ0) is 35.3. The number of hydrogen-bond acceptors (Lipinski definition) is 5. The van der Waals surface area contributed by atoms with Gasteiger partial charge in [0.25, 0.3) is 5.91 Å². The van der Waals surface area contributed by atoms with Crippen molar-refractivity contribution in [2.45, 2.75) is 96.1 Å². The lowest BCUT2D eigenvalue weighted by molar-refractivity contribution is -0.360. The summed E-state index contributed by atoms with van der Waals surface area (Å²) >= 11 is 1.42. The van der Waals surface area contributed by atoms with E-state index in [4.69, 9.17) is 4.74 Å². The molecule has 2 aliphatic heterocycles. The molecule has 3 N–H and O–H groups in total. The van der Waals surface area contributed by atoms with Crippen LogP contribution in [0.5, 0.6) is 5.75 Å². The molecule has 0 saturated heterocycles. The Kier molecular flexibility index (Phi) is 13.8. The SMILES string of the molecule is CCCCCCCCCCCCC/C=C/[C@H](O)[C@H](CO)NC(=O)COc1ccc(C2=[N+]3C(=Cc4ccc(-c5cccs5)n4[B-]3(F)F)C=C2)cc1. The van der Waals surface area contributed by atoms with Gasteiger partial charge in [0.15, 0.2) is 18.0 Å².